The van der Waals surface area contributed by atoms with Crippen molar-refractivity contribution in [3.05, 3.63) is 87.5 Å². The first-order valence-corrected chi connectivity index (χ1v) is 10.5. The molecule has 0 saturated carbocycles. The van der Waals surface area contributed by atoms with Crippen molar-refractivity contribution in [1.82, 2.24) is 0 Å². The van der Waals surface area contributed by atoms with E-state index in [4.69, 9.17) is 26.8 Å². The van der Waals surface area contributed by atoms with E-state index >= 15 is 0 Å². The van der Waals surface area contributed by atoms with Gasteiger partial charge in [0.2, 0.25) is 5.88 Å². The number of allylic oxidation sites excluding steroid dienone is 3. The third-order valence-electron chi connectivity index (χ3n) is 5.59. The van der Waals surface area contributed by atoms with Crippen LogP contribution < -0.4 is 10.5 Å². The van der Waals surface area contributed by atoms with Crippen molar-refractivity contribution in [2.24, 2.45) is 11.1 Å². The van der Waals surface area contributed by atoms with Gasteiger partial charge in [-0.2, -0.15) is 5.26 Å². The molecule has 0 amide bonds. The molecule has 32 heavy (non-hydrogen) atoms. The summed E-state index contributed by atoms with van der Waals surface area (Å²) < 4.78 is 11.1. The highest BCUT2D eigenvalue weighted by molar-refractivity contribution is 6.33. The Morgan fingerprint density at radius 1 is 1.19 bits per heavy atom. The topological polar surface area (TPSA) is 102 Å². The fourth-order valence-electron chi connectivity index (χ4n) is 4.14. The number of hydrogen-bond donors (Lipinski definition) is 1. The van der Waals surface area contributed by atoms with Crippen LogP contribution in [0.3, 0.4) is 0 Å². The van der Waals surface area contributed by atoms with Crippen LogP contribution in [0.15, 0.2) is 71.3 Å². The van der Waals surface area contributed by atoms with Crippen LogP contribution in [0.4, 0.5) is 0 Å². The normalized spacial score (nSPS) is 19.7. The predicted octanol–water partition coefficient (Wildman–Crippen LogP) is 5.01. The van der Waals surface area contributed by atoms with Crippen molar-refractivity contribution >= 4 is 23.4 Å². The van der Waals surface area contributed by atoms with E-state index in [1.807, 2.05) is 13.8 Å². The molecule has 2 aliphatic rings. The molecule has 0 fully saturated rings. The molecule has 6 nitrogen and oxygen atoms in total. The van der Waals surface area contributed by atoms with Gasteiger partial charge in [0, 0.05) is 18.4 Å². The zero-order valence-electron chi connectivity index (χ0n) is 17.6. The highest BCUT2D eigenvalue weighted by Crippen LogP contribution is 2.47. The standard InChI is InChI=1S/C25H21ClN2O4/c1-25(2)11-19(29)22-20(12-25)32-23(28)17(13-27)21(22)14-7-9-15(10-8-14)31-24(30)16-5-3-4-6-18(16)26/h3-10,21H,11-12,28H2,1-2H3/t21-/m0/s1. The van der Waals surface area contributed by atoms with Crippen LogP contribution in [-0.2, 0) is 9.53 Å². The van der Waals surface area contributed by atoms with Crippen LogP contribution in [0.5, 0.6) is 5.75 Å². The Balaban J connectivity index is 1.66. The van der Waals surface area contributed by atoms with Gasteiger partial charge in [-0.3, -0.25) is 4.79 Å². The van der Waals surface area contributed by atoms with E-state index in [0.717, 1.165) is 0 Å². The van der Waals surface area contributed by atoms with Crippen molar-refractivity contribution in [1.29, 1.82) is 5.26 Å². The number of nitrogens with two attached hydrogens (primary N) is 1. The Bertz CT molecular complexity index is 1220. The maximum atomic E-state index is 13.0. The monoisotopic (exact) mass is 448 g/mol. The third-order valence-corrected chi connectivity index (χ3v) is 5.92. The number of nitrogens with zero attached hydrogens (tertiary/aromatic N) is 1. The van der Waals surface area contributed by atoms with Crippen LogP contribution in [0.2, 0.25) is 5.02 Å². The number of ether oxygens (including phenoxy) is 2. The van der Waals surface area contributed by atoms with E-state index < -0.39 is 11.9 Å². The van der Waals surface area contributed by atoms with Crippen LogP contribution in [0.25, 0.3) is 0 Å². The summed E-state index contributed by atoms with van der Waals surface area (Å²) in [4.78, 5) is 25.4. The third kappa shape index (κ3) is 4.00. The first-order chi connectivity index (χ1) is 15.2. The Hall–Kier alpha value is -3.56. The van der Waals surface area contributed by atoms with E-state index in [1.54, 1.807) is 48.5 Å². The second kappa shape index (κ2) is 8.18. The average molecular weight is 449 g/mol. The van der Waals surface area contributed by atoms with Gasteiger partial charge in [0.15, 0.2) is 5.78 Å². The summed E-state index contributed by atoms with van der Waals surface area (Å²) in [6.07, 6.45) is 0.912. The second-order valence-electron chi connectivity index (χ2n) is 8.64. The number of hydrogen-bond acceptors (Lipinski definition) is 6. The van der Waals surface area contributed by atoms with Gasteiger partial charge in [-0.05, 0) is 35.2 Å². The van der Waals surface area contributed by atoms with Crippen molar-refractivity contribution in [2.75, 3.05) is 0 Å². The molecule has 2 N–H and O–H groups in total. The number of nitriles is 1. The van der Waals surface area contributed by atoms with Crippen molar-refractivity contribution in [2.45, 2.75) is 32.6 Å². The summed E-state index contributed by atoms with van der Waals surface area (Å²) in [5, 5.41) is 10.0. The first-order valence-electron chi connectivity index (χ1n) is 10.1. The molecule has 0 unspecified atom stereocenters. The summed E-state index contributed by atoms with van der Waals surface area (Å²) in [5.41, 5.74) is 7.40. The van der Waals surface area contributed by atoms with Gasteiger partial charge < -0.3 is 15.2 Å². The molecule has 1 atom stereocenters. The van der Waals surface area contributed by atoms with Crippen LogP contribution in [0.1, 0.15) is 48.5 Å². The van der Waals surface area contributed by atoms with Gasteiger partial charge >= 0.3 is 5.97 Å². The molecule has 7 heteroatoms. The maximum absolute atomic E-state index is 13.0. The number of benzene rings is 2. The molecule has 1 aliphatic carbocycles. The molecule has 162 valence electrons. The summed E-state index contributed by atoms with van der Waals surface area (Å²) in [6, 6.07) is 15.4. The number of esters is 1. The van der Waals surface area contributed by atoms with Gasteiger partial charge in [-0.1, -0.05) is 49.7 Å². The molecular weight excluding hydrogens is 428 g/mol. The lowest BCUT2D eigenvalue weighted by Crippen LogP contribution is -2.33. The highest BCUT2D eigenvalue weighted by atomic mass is 35.5. The summed E-state index contributed by atoms with van der Waals surface area (Å²) in [7, 11) is 0. The lowest BCUT2D eigenvalue weighted by atomic mass is 9.70. The number of rotatable bonds is 3. The molecular formula is C25H21ClN2O4. The lowest BCUT2D eigenvalue weighted by Gasteiger charge is -2.37. The Morgan fingerprint density at radius 2 is 1.88 bits per heavy atom. The molecule has 2 aromatic rings. The number of carbonyl (C=O) groups excluding carboxylic acids is 2. The van der Waals surface area contributed by atoms with Gasteiger partial charge in [-0.15, -0.1) is 0 Å². The number of ketones is 1. The first kappa shape index (κ1) is 21.7. The van der Waals surface area contributed by atoms with Gasteiger partial charge in [0.25, 0.3) is 0 Å². The molecule has 1 aliphatic heterocycles. The maximum Gasteiger partial charge on any atom is 0.345 e. The van der Waals surface area contributed by atoms with E-state index in [9.17, 15) is 14.9 Å². The smallest absolute Gasteiger partial charge is 0.345 e. The molecule has 0 saturated heterocycles. The average Bonchev–Trinajstić information content (AvgIpc) is 2.72. The second-order valence-corrected chi connectivity index (χ2v) is 9.05. The van der Waals surface area contributed by atoms with Gasteiger partial charge in [-0.25, -0.2) is 4.79 Å². The fraction of sp³-hybridized carbons (Fsp3) is 0.240. The molecule has 0 bridgehead atoms. The van der Waals surface area contributed by atoms with Crippen LogP contribution in [-0.4, -0.2) is 11.8 Å². The predicted molar refractivity (Wildman–Crippen MR) is 119 cm³/mol. The summed E-state index contributed by atoms with van der Waals surface area (Å²) in [5.74, 6) is -0.424. The highest BCUT2D eigenvalue weighted by Gasteiger charge is 2.42. The molecule has 4 rings (SSSR count). The van der Waals surface area contributed by atoms with E-state index in [1.165, 1.54) is 0 Å². The SMILES string of the molecule is CC1(C)CC(=O)C2=C(C1)OC(N)=C(C#N)[C@@H]2c1ccc(OC(=O)c2ccccc2Cl)cc1. The lowest BCUT2D eigenvalue weighted by molar-refractivity contribution is -0.119. The largest absolute Gasteiger partial charge is 0.444 e. The quantitative estimate of drug-likeness (QED) is 0.523. The fourth-order valence-corrected chi connectivity index (χ4v) is 4.35. The van der Waals surface area contributed by atoms with Crippen molar-refractivity contribution in [3.8, 4) is 11.8 Å². The summed E-state index contributed by atoms with van der Waals surface area (Å²) in [6.45, 7) is 3.99. The molecule has 1 heterocycles. The molecule has 0 spiro atoms. The van der Waals surface area contributed by atoms with Gasteiger partial charge in [0.1, 0.15) is 23.2 Å². The summed E-state index contributed by atoms with van der Waals surface area (Å²) >= 11 is 6.06. The Labute approximate surface area is 190 Å². The van der Waals surface area contributed by atoms with Crippen LogP contribution in [0, 0.1) is 16.7 Å². The van der Waals surface area contributed by atoms with E-state index in [2.05, 4.69) is 6.07 Å². The van der Waals surface area contributed by atoms with E-state index in [0.29, 0.717) is 40.5 Å². The van der Waals surface area contributed by atoms with E-state index in [-0.39, 0.29) is 28.2 Å². The number of Topliss-reactive ketones (excluding diaryl/α,β-unsaturated/α-hetero) is 1. The molecule has 2 aromatic carbocycles. The minimum Gasteiger partial charge on any atom is -0.444 e. The minimum atomic E-state index is -0.624. The van der Waals surface area contributed by atoms with Crippen LogP contribution >= 0.6 is 11.6 Å². The zero-order valence-corrected chi connectivity index (χ0v) is 18.4. The number of halogens is 1. The van der Waals surface area contributed by atoms with Crippen molar-refractivity contribution < 1.29 is 19.1 Å². The van der Waals surface area contributed by atoms with Crippen molar-refractivity contribution in [3.63, 3.8) is 0 Å². The Morgan fingerprint density at radius 3 is 2.53 bits per heavy atom. The minimum absolute atomic E-state index is 0.0102. The Kier molecular flexibility index (Phi) is 5.53. The molecule has 0 radical (unpaired) electrons. The zero-order chi connectivity index (χ0) is 23.0. The number of carbonyl (C=O) groups is 2. The van der Waals surface area contributed by atoms with Gasteiger partial charge in [0.05, 0.1) is 16.5 Å². The molecule has 0 aromatic heterocycles.